The molecule has 6 heteroatoms. The van der Waals surface area contributed by atoms with Crippen molar-refractivity contribution < 1.29 is 14.3 Å². The molecule has 0 spiro atoms. The molecule has 2 N–H and O–H groups in total. The number of fused-ring (bicyclic) bond motifs is 2. The number of nitrogen functional groups attached to an aromatic ring is 1. The Hall–Kier alpha value is -1.59. The molecule has 2 bridgehead atoms. The fourth-order valence-corrected chi connectivity index (χ4v) is 2.44. The average Bonchev–Trinajstić information content (AvgIpc) is 2.78. The lowest BCUT2D eigenvalue weighted by atomic mass is 10.2. The number of benzene rings is 1. The van der Waals surface area contributed by atoms with E-state index in [1.165, 1.54) is 6.07 Å². The molecular formula is C12H11ClN2O3. The van der Waals surface area contributed by atoms with Gasteiger partial charge in [0.1, 0.15) is 12.2 Å². The zero-order chi connectivity index (χ0) is 12.9. The Morgan fingerprint density at radius 1 is 1.22 bits per heavy atom. The van der Waals surface area contributed by atoms with Crippen LogP contribution in [-0.2, 0) is 14.3 Å². The van der Waals surface area contributed by atoms with Gasteiger partial charge in [0.25, 0.3) is 11.8 Å². The minimum absolute atomic E-state index is 0.324. The van der Waals surface area contributed by atoms with E-state index < -0.39 is 12.2 Å². The molecule has 94 valence electrons. The first kappa shape index (κ1) is 11.5. The summed E-state index contributed by atoms with van der Waals surface area (Å²) in [5.41, 5.74) is 6.48. The van der Waals surface area contributed by atoms with Crippen LogP contribution in [0.25, 0.3) is 0 Å². The summed E-state index contributed by atoms with van der Waals surface area (Å²) in [4.78, 5) is 25.3. The number of amides is 2. The number of rotatable bonds is 1. The van der Waals surface area contributed by atoms with E-state index >= 15 is 0 Å². The second kappa shape index (κ2) is 3.96. The van der Waals surface area contributed by atoms with Crippen molar-refractivity contribution in [2.45, 2.75) is 25.0 Å². The number of carbonyl (C=O) groups excluding carboxylic acids is 2. The highest BCUT2D eigenvalue weighted by Crippen LogP contribution is 2.33. The molecule has 2 unspecified atom stereocenters. The number of hydrogen-bond acceptors (Lipinski definition) is 4. The Labute approximate surface area is 108 Å². The van der Waals surface area contributed by atoms with Crippen LogP contribution in [0.15, 0.2) is 18.2 Å². The monoisotopic (exact) mass is 266 g/mol. The second-order valence-electron chi connectivity index (χ2n) is 4.41. The van der Waals surface area contributed by atoms with E-state index in [1.807, 2.05) is 0 Å². The molecule has 2 aliphatic heterocycles. The van der Waals surface area contributed by atoms with Gasteiger partial charge in [0.05, 0.1) is 16.4 Å². The van der Waals surface area contributed by atoms with Gasteiger partial charge in [-0.15, -0.1) is 0 Å². The number of nitrogens with two attached hydrogens (primary N) is 1. The molecule has 0 aliphatic carbocycles. The van der Waals surface area contributed by atoms with Gasteiger partial charge in [-0.3, -0.25) is 9.59 Å². The lowest BCUT2D eigenvalue weighted by Crippen LogP contribution is -2.52. The number of halogens is 1. The van der Waals surface area contributed by atoms with Crippen molar-refractivity contribution in [2.24, 2.45) is 0 Å². The van der Waals surface area contributed by atoms with Gasteiger partial charge in [0.15, 0.2) is 0 Å². The van der Waals surface area contributed by atoms with E-state index in [1.54, 1.807) is 12.1 Å². The molecule has 0 aromatic heterocycles. The van der Waals surface area contributed by atoms with Gasteiger partial charge in [-0.1, -0.05) is 11.6 Å². The minimum Gasteiger partial charge on any atom is -0.397 e. The molecule has 1 aromatic carbocycles. The molecule has 2 heterocycles. The molecule has 2 fully saturated rings. The van der Waals surface area contributed by atoms with Gasteiger partial charge in [-0.25, -0.2) is 4.90 Å². The summed E-state index contributed by atoms with van der Waals surface area (Å²) in [6.45, 7) is 0. The van der Waals surface area contributed by atoms with E-state index in [0.717, 1.165) is 4.90 Å². The van der Waals surface area contributed by atoms with Crippen LogP contribution in [0.3, 0.4) is 0 Å². The molecule has 2 amide bonds. The molecule has 18 heavy (non-hydrogen) atoms. The number of hydrogen-bond donors (Lipinski definition) is 1. The van der Waals surface area contributed by atoms with E-state index in [9.17, 15) is 9.59 Å². The van der Waals surface area contributed by atoms with Crippen molar-refractivity contribution in [2.75, 3.05) is 10.6 Å². The predicted molar refractivity (Wildman–Crippen MR) is 66.3 cm³/mol. The number of nitrogens with zero attached hydrogens (tertiary/aromatic N) is 1. The number of carbonyl (C=O) groups is 2. The zero-order valence-electron chi connectivity index (χ0n) is 9.43. The fourth-order valence-electron chi connectivity index (χ4n) is 2.32. The maximum absolute atomic E-state index is 12.1. The first-order valence-electron chi connectivity index (χ1n) is 5.66. The Kier molecular flexibility index (Phi) is 2.53. The van der Waals surface area contributed by atoms with Crippen molar-refractivity contribution in [3.63, 3.8) is 0 Å². The molecule has 2 saturated heterocycles. The molecule has 2 aliphatic rings. The second-order valence-corrected chi connectivity index (χ2v) is 4.82. The summed E-state index contributed by atoms with van der Waals surface area (Å²) >= 11 is 5.82. The largest absolute Gasteiger partial charge is 0.397 e. The third-order valence-corrected chi connectivity index (χ3v) is 3.59. The first-order chi connectivity index (χ1) is 8.58. The van der Waals surface area contributed by atoms with E-state index in [4.69, 9.17) is 22.1 Å². The van der Waals surface area contributed by atoms with Crippen LogP contribution in [-0.4, -0.2) is 24.0 Å². The summed E-state index contributed by atoms with van der Waals surface area (Å²) in [5, 5.41) is 0.398. The first-order valence-corrected chi connectivity index (χ1v) is 6.04. The molecule has 5 nitrogen and oxygen atoms in total. The highest BCUT2D eigenvalue weighted by atomic mass is 35.5. The highest BCUT2D eigenvalue weighted by Gasteiger charge is 2.47. The van der Waals surface area contributed by atoms with Crippen LogP contribution in [0.5, 0.6) is 0 Å². The van der Waals surface area contributed by atoms with E-state index in [2.05, 4.69) is 0 Å². The normalized spacial score (nSPS) is 26.8. The van der Waals surface area contributed by atoms with Crippen LogP contribution in [0.1, 0.15) is 12.8 Å². The Bertz CT molecular complexity index is 524. The number of ether oxygens (including phenoxy) is 1. The predicted octanol–water partition coefficient (Wildman–Crippen LogP) is 1.34. The van der Waals surface area contributed by atoms with Gasteiger partial charge in [0.2, 0.25) is 0 Å². The SMILES string of the molecule is Nc1cc(N2C(=O)C3CCC(O3)C2=O)ccc1Cl. The summed E-state index contributed by atoms with van der Waals surface area (Å²) < 4.78 is 5.33. The van der Waals surface area contributed by atoms with Gasteiger partial charge in [0, 0.05) is 0 Å². The van der Waals surface area contributed by atoms with Crippen LogP contribution >= 0.6 is 11.6 Å². The number of morpholine rings is 1. The van der Waals surface area contributed by atoms with Crippen LogP contribution < -0.4 is 10.6 Å². The third-order valence-electron chi connectivity index (χ3n) is 3.25. The molecule has 0 radical (unpaired) electrons. The maximum atomic E-state index is 12.1. The quantitative estimate of drug-likeness (QED) is 0.615. The minimum atomic E-state index is -0.510. The van der Waals surface area contributed by atoms with E-state index in [-0.39, 0.29) is 11.8 Å². The fraction of sp³-hybridized carbons (Fsp3) is 0.333. The van der Waals surface area contributed by atoms with Gasteiger partial charge >= 0.3 is 0 Å². The third kappa shape index (κ3) is 1.59. The highest BCUT2D eigenvalue weighted by molar-refractivity contribution is 6.33. The van der Waals surface area contributed by atoms with Crippen molar-refractivity contribution in [1.82, 2.24) is 0 Å². The molecule has 1 aromatic rings. The Morgan fingerprint density at radius 3 is 2.39 bits per heavy atom. The molecule has 3 rings (SSSR count). The smallest absolute Gasteiger partial charge is 0.262 e. The Morgan fingerprint density at radius 2 is 1.83 bits per heavy atom. The van der Waals surface area contributed by atoms with Crippen molar-refractivity contribution in [3.8, 4) is 0 Å². The molecule has 2 atom stereocenters. The van der Waals surface area contributed by atoms with Crippen LogP contribution in [0.4, 0.5) is 11.4 Å². The Balaban J connectivity index is 2.02. The van der Waals surface area contributed by atoms with E-state index in [0.29, 0.717) is 29.2 Å². The van der Waals surface area contributed by atoms with Gasteiger partial charge < -0.3 is 10.5 Å². The van der Waals surface area contributed by atoms with Gasteiger partial charge in [-0.2, -0.15) is 0 Å². The molecule has 0 saturated carbocycles. The maximum Gasteiger partial charge on any atom is 0.262 e. The lowest BCUT2D eigenvalue weighted by Gasteiger charge is -2.30. The zero-order valence-corrected chi connectivity index (χ0v) is 10.2. The van der Waals surface area contributed by atoms with Crippen molar-refractivity contribution >= 4 is 34.8 Å². The summed E-state index contributed by atoms with van der Waals surface area (Å²) in [6.07, 6.45) is 0.165. The van der Waals surface area contributed by atoms with Crippen molar-refractivity contribution in [3.05, 3.63) is 23.2 Å². The van der Waals surface area contributed by atoms with Gasteiger partial charge in [-0.05, 0) is 31.0 Å². The van der Waals surface area contributed by atoms with Crippen LogP contribution in [0.2, 0.25) is 5.02 Å². The summed E-state index contributed by atoms with van der Waals surface area (Å²) in [6, 6.07) is 4.71. The number of imide groups is 1. The summed E-state index contributed by atoms with van der Waals surface area (Å²) in [7, 11) is 0. The lowest BCUT2D eigenvalue weighted by molar-refractivity contribution is -0.146. The molecular weight excluding hydrogens is 256 g/mol. The average molecular weight is 267 g/mol. The van der Waals surface area contributed by atoms with Crippen LogP contribution in [0, 0.1) is 0 Å². The topological polar surface area (TPSA) is 72.6 Å². The van der Waals surface area contributed by atoms with Crippen molar-refractivity contribution in [1.29, 1.82) is 0 Å². The standard InChI is InChI=1S/C12H11ClN2O3/c13-7-2-1-6(5-8(7)14)15-11(16)9-3-4-10(18-9)12(15)17/h1-2,5,9-10H,3-4,14H2. The summed E-state index contributed by atoms with van der Waals surface area (Å²) in [5.74, 6) is -0.647. The number of anilines is 2.